The molecular weight excluding hydrogens is 671 g/mol. The minimum atomic E-state index is -1.95. The smallest absolute Gasteiger partial charge is 0.349 e. The first-order chi connectivity index (χ1) is 23.9. The molecule has 0 spiro atoms. The van der Waals surface area contributed by atoms with Crippen LogP contribution in [0.1, 0.15) is 80.6 Å². The molecule has 0 saturated heterocycles. The van der Waals surface area contributed by atoms with Gasteiger partial charge in [0.2, 0.25) is 5.75 Å². The van der Waals surface area contributed by atoms with E-state index in [2.05, 4.69) is 6.58 Å². The van der Waals surface area contributed by atoms with Gasteiger partial charge in [0, 0.05) is 11.6 Å². The van der Waals surface area contributed by atoms with Crippen molar-refractivity contribution in [3.8, 4) is 28.4 Å². The van der Waals surface area contributed by atoms with Crippen molar-refractivity contribution in [1.82, 2.24) is 0 Å². The molecule has 0 unspecified atom stereocenters. The lowest BCUT2D eigenvalue weighted by molar-refractivity contribution is -0.386. The van der Waals surface area contributed by atoms with Crippen molar-refractivity contribution in [2.75, 3.05) is 18.9 Å². The van der Waals surface area contributed by atoms with E-state index >= 15 is 0 Å². The quantitative estimate of drug-likeness (QED) is 0.0228. The molecule has 2 N–H and O–H groups in total. The molecule has 0 radical (unpaired) electrons. The van der Waals surface area contributed by atoms with Gasteiger partial charge in [-0.2, -0.15) is 0 Å². The van der Waals surface area contributed by atoms with E-state index in [9.17, 15) is 28.9 Å². The first-order valence-electron chi connectivity index (χ1n) is 16.4. The van der Waals surface area contributed by atoms with Crippen molar-refractivity contribution >= 4 is 40.9 Å². The van der Waals surface area contributed by atoms with Gasteiger partial charge in [0.1, 0.15) is 16.5 Å². The number of carbonyl (C=O) groups is 3. The lowest BCUT2D eigenvalue weighted by Crippen LogP contribution is -2.23. The number of halogens is 2. The van der Waals surface area contributed by atoms with Crippen LogP contribution >= 0.6 is 11.6 Å². The molecule has 0 aliphatic carbocycles. The maximum absolute atomic E-state index is 14.2. The molecule has 0 amide bonds. The molecule has 11 nitrogen and oxygen atoms in total. The van der Waals surface area contributed by atoms with Crippen LogP contribution in [-0.4, -0.2) is 42.2 Å². The van der Waals surface area contributed by atoms with Gasteiger partial charge >= 0.3 is 23.6 Å². The van der Waals surface area contributed by atoms with Crippen LogP contribution in [0.3, 0.4) is 0 Å². The summed E-state index contributed by atoms with van der Waals surface area (Å²) in [6.45, 7) is 7.36. The number of nitrogens with zero attached hydrogens (tertiary/aromatic N) is 1. The molecule has 0 saturated carbocycles. The summed E-state index contributed by atoms with van der Waals surface area (Å²) >= 11 is 5.47. The van der Waals surface area contributed by atoms with E-state index in [0.29, 0.717) is 26.1 Å². The van der Waals surface area contributed by atoms with Crippen LogP contribution in [0, 0.1) is 17.0 Å². The number of rotatable bonds is 20. The standard InChI is InChI=1S/C37H42ClFN2O9/c1-4-5-12-30(39)36(43)50-32-23-31(40)33(24(2)34(32)41(45)46)37(44)49-29-19-15-27(16-20-29)26-13-17-28(18-14-26)47-21-10-8-6-7-9-11-22-48-35(42)25(3)38/h13-20,23,30H,3-12,21-22,40H2,1-2H3/t30-/m1/s1. The summed E-state index contributed by atoms with van der Waals surface area (Å²) in [6, 6.07) is 15.2. The first-order valence-corrected chi connectivity index (χ1v) is 16.8. The molecule has 3 rings (SSSR count). The van der Waals surface area contributed by atoms with Gasteiger partial charge in [-0.3, -0.25) is 10.1 Å². The highest BCUT2D eigenvalue weighted by molar-refractivity contribution is 6.40. The predicted octanol–water partition coefficient (Wildman–Crippen LogP) is 8.82. The molecule has 1 atom stereocenters. The average Bonchev–Trinajstić information content (AvgIpc) is 3.08. The third kappa shape index (κ3) is 11.9. The molecule has 0 bridgehead atoms. The lowest BCUT2D eigenvalue weighted by atomic mass is 10.0. The molecule has 0 aliphatic heterocycles. The molecule has 13 heteroatoms. The summed E-state index contributed by atoms with van der Waals surface area (Å²) in [4.78, 5) is 47.5. The minimum absolute atomic E-state index is 0.0823. The minimum Gasteiger partial charge on any atom is -0.494 e. The van der Waals surface area contributed by atoms with Gasteiger partial charge in [-0.05, 0) is 61.6 Å². The normalized spacial score (nSPS) is 11.4. The van der Waals surface area contributed by atoms with Gasteiger partial charge in [0.25, 0.3) is 0 Å². The number of benzene rings is 3. The molecule has 268 valence electrons. The molecular formula is C37H42ClFN2O9. The first kappa shape index (κ1) is 39.5. The van der Waals surface area contributed by atoms with E-state index in [-0.39, 0.29) is 34.0 Å². The molecule has 3 aromatic carbocycles. The van der Waals surface area contributed by atoms with E-state index in [1.54, 1.807) is 24.3 Å². The number of ether oxygens (including phenoxy) is 4. The van der Waals surface area contributed by atoms with Crippen molar-refractivity contribution in [1.29, 1.82) is 0 Å². The van der Waals surface area contributed by atoms with E-state index in [1.165, 1.54) is 6.92 Å². The number of nitrogens with two attached hydrogens (primary N) is 1. The number of carbonyl (C=O) groups excluding carboxylic acids is 3. The van der Waals surface area contributed by atoms with Crippen LogP contribution in [0.15, 0.2) is 66.2 Å². The number of alkyl halides is 1. The number of unbranched alkanes of at least 4 members (excludes halogenated alkanes) is 6. The van der Waals surface area contributed by atoms with Gasteiger partial charge < -0.3 is 24.7 Å². The number of nitrogen functional groups attached to an aromatic ring is 1. The summed E-state index contributed by atoms with van der Waals surface area (Å²) in [6.07, 6.45) is 4.84. The Bertz CT molecular complexity index is 1650. The third-order valence-electron chi connectivity index (χ3n) is 7.72. The monoisotopic (exact) mass is 712 g/mol. The van der Waals surface area contributed by atoms with E-state index < -0.39 is 40.4 Å². The van der Waals surface area contributed by atoms with Crippen molar-refractivity contribution in [2.24, 2.45) is 0 Å². The van der Waals surface area contributed by atoms with E-state index in [1.807, 2.05) is 31.2 Å². The third-order valence-corrected chi connectivity index (χ3v) is 7.87. The number of anilines is 1. The summed E-state index contributed by atoms with van der Waals surface area (Å²) in [5.41, 5.74) is 6.43. The van der Waals surface area contributed by atoms with Crippen LogP contribution in [-0.2, 0) is 14.3 Å². The van der Waals surface area contributed by atoms with Gasteiger partial charge in [-0.15, -0.1) is 0 Å². The Hall–Kier alpha value is -4.97. The van der Waals surface area contributed by atoms with Gasteiger partial charge in [-0.1, -0.05) is 87.9 Å². The largest absolute Gasteiger partial charge is 0.494 e. The molecule has 3 aromatic rings. The van der Waals surface area contributed by atoms with Crippen LogP contribution in [0.2, 0.25) is 0 Å². The fourth-order valence-corrected chi connectivity index (χ4v) is 5.07. The Kier molecular flexibility index (Phi) is 15.7. The van der Waals surface area contributed by atoms with E-state index in [4.69, 9.17) is 36.3 Å². The second-order valence-corrected chi connectivity index (χ2v) is 12.0. The SMILES string of the molecule is C=C(Cl)C(=O)OCCCCCCCCOc1ccc(-c2ccc(OC(=O)c3c(N)cc(OC(=O)[C@H](F)CCCC)c([N+](=O)[O-])c3C)cc2)cc1. The summed E-state index contributed by atoms with van der Waals surface area (Å²) in [5.74, 6) is -2.43. The van der Waals surface area contributed by atoms with Crippen molar-refractivity contribution < 1.29 is 42.6 Å². The van der Waals surface area contributed by atoms with Crippen molar-refractivity contribution in [2.45, 2.75) is 77.8 Å². The van der Waals surface area contributed by atoms with Crippen LogP contribution in [0.25, 0.3) is 11.1 Å². The number of hydrogen-bond acceptors (Lipinski definition) is 10. The molecule has 0 aromatic heterocycles. The maximum atomic E-state index is 14.2. The zero-order valence-electron chi connectivity index (χ0n) is 28.2. The highest BCUT2D eigenvalue weighted by Gasteiger charge is 2.31. The molecule has 50 heavy (non-hydrogen) atoms. The average molecular weight is 713 g/mol. The summed E-state index contributed by atoms with van der Waals surface area (Å²) < 4.78 is 35.5. The van der Waals surface area contributed by atoms with Crippen molar-refractivity contribution in [3.05, 3.63) is 87.4 Å². The zero-order valence-corrected chi connectivity index (χ0v) is 29.0. The second kappa shape index (κ2) is 19.9. The fourth-order valence-electron chi connectivity index (χ4n) is 5.01. The van der Waals surface area contributed by atoms with Gasteiger partial charge in [-0.25, -0.2) is 18.8 Å². The Morgan fingerprint density at radius 1 is 0.900 bits per heavy atom. The lowest BCUT2D eigenvalue weighted by Gasteiger charge is -2.14. The Morgan fingerprint density at radius 2 is 1.46 bits per heavy atom. The Labute approximate surface area is 295 Å². The second-order valence-electron chi connectivity index (χ2n) is 11.5. The summed E-state index contributed by atoms with van der Waals surface area (Å²) in [7, 11) is 0. The molecule has 0 aliphatic rings. The fraction of sp³-hybridized carbons (Fsp3) is 0.378. The van der Waals surface area contributed by atoms with Gasteiger partial charge in [0.15, 0.2) is 6.17 Å². The molecule has 0 fully saturated rings. The summed E-state index contributed by atoms with van der Waals surface area (Å²) in [5, 5.41) is 11.8. The van der Waals surface area contributed by atoms with Crippen LogP contribution in [0.5, 0.6) is 17.2 Å². The highest BCUT2D eigenvalue weighted by atomic mass is 35.5. The topological polar surface area (TPSA) is 157 Å². The van der Waals surface area contributed by atoms with Crippen LogP contribution in [0.4, 0.5) is 15.8 Å². The number of nitro groups is 1. The molecule has 0 heterocycles. The predicted molar refractivity (Wildman–Crippen MR) is 188 cm³/mol. The van der Waals surface area contributed by atoms with Crippen molar-refractivity contribution in [3.63, 3.8) is 0 Å². The number of hydrogen-bond donors (Lipinski definition) is 1. The van der Waals surface area contributed by atoms with Crippen LogP contribution < -0.4 is 19.9 Å². The Balaban J connectivity index is 1.51. The highest BCUT2D eigenvalue weighted by Crippen LogP contribution is 2.38. The zero-order chi connectivity index (χ0) is 36.6. The Morgan fingerprint density at radius 3 is 2.02 bits per heavy atom. The maximum Gasteiger partial charge on any atom is 0.349 e. The number of nitro benzene ring substituents is 1. The van der Waals surface area contributed by atoms with Gasteiger partial charge in [0.05, 0.1) is 29.4 Å². The number of esters is 3. The van der Waals surface area contributed by atoms with E-state index in [0.717, 1.165) is 61.5 Å².